The number of benzene rings is 1. The Morgan fingerprint density at radius 1 is 1.18 bits per heavy atom. The molecule has 0 spiro atoms. The van der Waals surface area contributed by atoms with Crippen LogP contribution in [0.15, 0.2) is 77.2 Å². The zero-order valence-electron chi connectivity index (χ0n) is 21.3. The second-order valence-electron chi connectivity index (χ2n) is 9.62. The Kier molecular flexibility index (Phi) is 8.46. The summed E-state index contributed by atoms with van der Waals surface area (Å²) in [4.78, 5) is 15.9. The molecule has 2 unspecified atom stereocenters. The number of carbonyl (C=O) groups excluding carboxylic acids is 1. The van der Waals surface area contributed by atoms with E-state index in [4.69, 9.17) is 48.8 Å². The van der Waals surface area contributed by atoms with Gasteiger partial charge in [0.1, 0.15) is 29.5 Å². The van der Waals surface area contributed by atoms with E-state index >= 15 is 0 Å². The van der Waals surface area contributed by atoms with Crippen molar-refractivity contribution in [3.05, 3.63) is 105 Å². The quantitative estimate of drug-likeness (QED) is 0.0976. The summed E-state index contributed by atoms with van der Waals surface area (Å²) in [5.74, 6) is 2.20. The first-order valence-corrected chi connectivity index (χ1v) is 13.9. The SMILES string of the molecule is C=C(/C=C\C(=C/CCl)OCc1c(-c2c(Cl)cccc2Cl)noc1C1CC1)C1CC1c1ccc(C(=O)OC)nc1. The summed E-state index contributed by atoms with van der Waals surface area (Å²) in [6.45, 7) is 4.49. The van der Waals surface area contributed by atoms with E-state index in [9.17, 15) is 4.79 Å². The van der Waals surface area contributed by atoms with E-state index in [-0.39, 0.29) is 12.5 Å². The van der Waals surface area contributed by atoms with E-state index in [0.29, 0.717) is 50.5 Å². The number of carbonyl (C=O) groups is 1. The van der Waals surface area contributed by atoms with Crippen LogP contribution in [0.5, 0.6) is 0 Å². The van der Waals surface area contributed by atoms with Crippen molar-refractivity contribution in [1.82, 2.24) is 10.1 Å². The molecule has 2 aromatic heterocycles. The second kappa shape index (κ2) is 12.0. The molecule has 2 saturated carbocycles. The molecule has 5 rings (SSSR count). The maximum atomic E-state index is 11.6. The minimum absolute atomic E-state index is 0.232. The molecule has 2 fully saturated rings. The van der Waals surface area contributed by atoms with Gasteiger partial charge in [0.25, 0.3) is 0 Å². The molecule has 2 atom stereocenters. The lowest BCUT2D eigenvalue weighted by atomic mass is 10.0. The van der Waals surface area contributed by atoms with Crippen LogP contribution in [0.25, 0.3) is 11.3 Å². The molecule has 0 bridgehead atoms. The molecule has 0 aliphatic heterocycles. The van der Waals surface area contributed by atoms with Crippen molar-refractivity contribution in [2.75, 3.05) is 13.0 Å². The number of aromatic nitrogens is 2. The number of ether oxygens (including phenoxy) is 2. The van der Waals surface area contributed by atoms with Crippen molar-refractivity contribution in [2.45, 2.75) is 37.7 Å². The monoisotopic (exact) mass is 584 g/mol. The van der Waals surface area contributed by atoms with E-state index in [0.717, 1.165) is 41.7 Å². The summed E-state index contributed by atoms with van der Waals surface area (Å²) < 4.78 is 16.7. The van der Waals surface area contributed by atoms with Gasteiger partial charge in [0, 0.05) is 23.6 Å². The normalized spacial score (nSPS) is 18.8. The molecule has 0 radical (unpaired) electrons. The first-order valence-electron chi connectivity index (χ1n) is 12.6. The molecule has 2 aliphatic carbocycles. The lowest BCUT2D eigenvalue weighted by Crippen LogP contribution is -2.04. The molecule has 2 aliphatic rings. The summed E-state index contributed by atoms with van der Waals surface area (Å²) in [5.41, 5.74) is 4.41. The number of rotatable bonds is 11. The lowest BCUT2D eigenvalue weighted by Gasteiger charge is -2.10. The van der Waals surface area contributed by atoms with Gasteiger partial charge < -0.3 is 14.0 Å². The molecule has 1 aromatic carbocycles. The molecule has 0 saturated heterocycles. The summed E-state index contributed by atoms with van der Waals surface area (Å²) in [7, 11) is 1.34. The standard InChI is InChI=1S/C30H27Cl3N2O4/c1-17(21-14-22(21)19-9-11-26(34-15-19)30(36)37-2)6-10-20(12-13-31)38-16-23-28(35-39-29(23)18-7-8-18)27-24(32)4-3-5-25(27)33/h3-6,9-12,15,18,21-22H,1,7-8,13-14,16H2,2H3/b10-6-,20-12+. The zero-order chi connectivity index (χ0) is 27.5. The van der Waals surface area contributed by atoms with Crippen LogP contribution < -0.4 is 0 Å². The molecule has 0 N–H and O–H groups in total. The molecule has 9 heteroatoms. The highest BCUT2D eigenvalue weighted by Crippen LogP contribution is 2.51. The van der Waals surface area contributed by atoms with Crippen molar-refractivity contribution in [2.24, 2.45) is 5.92 Å². The predicted molar refractivity (Wildman–Crippen MR) is 152 cm³/mol. The fraction of sp³-hybridized carbons (Fsp3) is 0.300. The average molecular weight is 586 g/mol. The maximum Gasteiger partial charge on any atom is 0.356 e. The van der Waals surface area contributed by atoms with Crippen molar-refractivity contribution < 1.29 is 18.8 Å². The van der Waals surface area contributed by atoms with Crippen LogP contribution in [0.4, 0.5) is 0 Å². The Hall–Kier alpha value is -3.06. The number of pyridine rings is 1. The van der Waals surface area contributed by atoms with Crippen molar-refractivity contribution in [3.63, 3.8) is 0 Å². The topological polar surface area (TPSA) is 74.5 Å². The van der Waals surface area contributed by atoms with Gasteiger partial charge >= 0.3 is 5.97 Å². The van der Waals surface area contributed by atoms with Gasteiger partial charge in [0.15, 0.2) is 0 Å². The van der Waals surface area contributed by atoms with Gasteiger partial charge in [0.05, 0.1) is 22.7 Å². The summed E-state index contributed by atoms with van der Waals surface area (Å²) in [6.07, 6.45) is 10.4. The molecule has 39 heavy (non-hydrogen) atoms. The number of esters is 1. The highest BCUT2D eigenvalue weighted by molar-refractivity contribution is 6.39. The van der Waals surface area contributed by atoms with Gasteiger partial charge in [-0.15, -0.1) is 11.6 Å². The van der Waals surface area contributed by atoms with E-state index in [1.54, 1.807) is 36.5 Å². The Bertz CT molecular complexity index is 1420. The van der Waals surface area contributed by atoms with Gasteiger partial charge in [-0.05, 0) is 67.0 Å². The zero-order valence-corrected chi connectivity index (χ0v) is 23.6. The van der Waals surface area contributed by atoms with Crippen molar-refractivity contribution in [3.8, 4) is 11.3 Å². The molecular weight excluding hydrogens is 559 g/mol. The minimum Gasteiger partial charge on any atom is -0.489 e. The van der Waals surface area contributed by atoms with E-state index in [1.807, 2.05) is 18.2 Å². The molecule has 6 nitrogen and oxygen atoms in total. The first-order chi connectivity index (χ1) is 18.9. The van der Waals surface area contributed by atoms with Gasteiger partial charge in [-0.1, -0.05) is 58.7 Å². The Morgan fingerprint density at radius 2 is 1.95 bits per heavy atom. The number of allylic oxidation sites excluding steroid dienone is 4. The first kappa shape index (κ1) is 27.5. The van der Waals surface area contributed by atoms with Crippen LogP contribution >= 0.6 is 34.8 Å². The van der Waals surface area contributed by atoms with E-state index in [1.165, 1.54) is 7.11 Å². The highest BCUT2D eigenvalue weighted by atomic mass is 35.5. The largest absolute Gasteiger partial charge is 0.489 e. The third-order valence-corrected chi connectivity index (χ3v) is 7.75. The maximum absolute atomic E-state index is 11.6. The van der Waals surface area contributed by atoms with E-state index in [2.05, 4.69) is 16.7 Å². The Morgan fingerprint density at radius 3 is 2.59 bits per heavy atom. The Balaban J connectivity index is 1.27. The predicted octanol–water partition coefficient (Wildman–Crippen LogP) is 8.26. The highest BCUT2D eigenvalue weighted by Gasteiger charge is 2.39. The van der Waals surface area contributed by atoms with E-state index < -0.39 is 5.97 Å². The number of nitrogens with zero attached hydrogens (tertiary/aromatic N) is 2. The van der Waals surface area contributed by atoms with Crippen LogP contribution in [0, 0.1) is 5.92 Å². The van der Waals surface area contributed by atoms with Gasteiger partial charge in [-0.25, -0.2) is 9.78 Å². The van der Waals surface area contributed by atoms with Gasteiger partial charge in [-0.2, -0.15) is 0 Å². The summed E-state index contributed by atoms with van der Waals surface area (Å²) >= 11 is 19.0. The average Bonchev–Trinajstić information content (AvgIpc) is 3.87. The van der Waals surface area contributed by atoms with Crippen LogP contribution in [0.2, 0.25) is 10.0 Å². The fourth-order valence-electron chi connectivity index (χ4n) is 4.59. The molecule has 0 amide bonds. The number of methoxy groups -OCH3 is 1. The minimum atomic E-state index is -0.447. The third-order valence-electron chi connectivity index (χ3n) is 6.97. The van der Waals surface area contributed by atoms with Gasteiger partial charge in [-0.3, -0.25) is 0 Å². The van der Waals surface area contributed by atoms with Crippen molar-refractivity contribution >= 4 is 40.8 Å². The number of alkyl halides is 1. The Labute approximate surface area is 242 Å². The lowest BCUT2D eigenvalue weighted by molar-refractivity contribution is 0.0594. The molecular formula is C30H27Cl3N2O4. The van der Waals surface area contributed by atoms with Crippen LogP contribution in [0.3, 0.4) is 0 Å². The smallest absolute Gasteiger partial charge is 0.356 e. The summed E-state index contributed by atoms with van der Waals surface area (Å²) in [5, 5.41) is 5.33. The van der Waals surface area contributed by atoms with Gasteiger partial charge in [0.2, 0.25) is 0 Å². The van der Waals surface area contributed by atoms with Crippen LogP contribution in [-0.2, 0) is 16.1 Å². The fourth-order valence-corrected chi connectivity index (χ4v) is 5.32. The van der Waals surface area contributed by atoms with Crippen LogP contribution in [-0.4, -0.2) is 29.1 Å². The van der Waals surface area contributed by atoms with Crippen molar-refractivity contribution in [1.29, 1.82) is 0 Å². The second-order valence-corrected chi connectivity index (χ2v) is 10.7. The molecule has 202 valence electrons. The van der Waals surface area contributed by atoms with Crippen LogP contribution in [0.1, 0.15) is 58.5 Å². The molecule has 2 heterocycles. The third kappa shape index (κ3) is 6.24. The number of hydrogen-bond donors (Lipinski definition) is 0. The number of halogens is 3. The summed E-state index contributed by atoms with van der Waals surface area (Å²) in [6, 6.07) is 8.96. The molecule has 3 aromatic rings. The number of hydrogen-bond acceptors (Lipinski definition) is 6.